The Morgan fingerprint density at radius 1 is 1.06 bits per heavy atom. The number of hydrogen-bond acceptors (Lipinski definition) is 4. The van der Waals surface area contributed by atoms with Gasteiger partial charge in [0.2, 0.25) is 0 Å². The molecule has 2 aliphatic rings. The number of likely N-dealkylation sites (N-methyl/N-ethyl adjacent to an activating group) is 1. The molecule has 0 aliphatic carbocycles. The number of nitrogens with two attached hydrogens (primary N) is 1. The van der Waals surface area contributed by atoms with Gasteiger partial charge in [-0.25, -0.2) is 3.11 Å². The van der Waals surface area contributed by atoms with Crippen molar-refractivity contribution >= 4 is 22.9 Å². The third-order valence-electron chi connectivity index (χ3n) is 3.84. The molecule has 0 unspecified atom stereocenters. The first-order valence-electron chi connectivity index (χ1n) is 6.18. The summed E-state index contributed by atoms with van der Waals surface area (Å²) in [6.07, 6.45) is 2.28. The summed E-state index contributed by atoms with van der Waals surface area (Å²) < 4.78 is 2.35. The minimum absolute atomic E-state index is 0.0670. The van der Waals surface area contributed by atoms with Crippen LogP contribution in [0.2, 0.25) is 0 Å². The third kappa shape index (κ3) is 3.53. The average Bonchev–Trinajstić information content (AvgIpc) is 2.27. The Hall–Kier alpha value is 0.570. The van der Waals surface area contributed by atoms with Crippen LogP contribution in [0, 0.1) is 0 Å². The SMILES string of the molecule is CN1CCN(CC2(N)CCN(I)CC2)CC1. The van der Waals surface area contributed by atoms with Crippen LogP contribution in [0.5, 0.6) is 0 Å². The van der Waals surface area contributed by atoms with Crippen LogP contribution in [0.15, 0.2) is 0 Å². The molecule has 2 rings (SSSR count). The zero-order chi connectivity index (χ0) is 11.6. The van der Waals surface area contributed by atoms with E-state index in [1.165, 1.54) is 26.2 Å². The Bertz CT molecular complexity index is 220. The largest absolute Gasteiger partial charge is 0.324 e. The number of halogens is 1. The molecule has 0 amide bonds. The Labute approximate surface area is 113 Å². The van der Waals surface area contributed by atoms with Crippen molar-refractivity contribution in [3.05, 3.63) is 0 Å². The Morgan fingerprint density at radius 3 is 2.19 bits per heavy atom. The van der Waals surface area contributed by atoms with Crippen molar-refractivity contribution < 1.29 is 0 Å². The van der Waals surface area contributed by atoms with Crippen molar-refractivity contribution in [1.29, 1.82) is 0 Å². The summed E-state index contributed by atoms with van der Waals surface area (Å²) in [6.45, 7) is 8.12. The first-order chi connectivity index (χ1) is 7.57. The molecule has 2 heterocycles. The van der Waals surface area contributed by atoms with Gasteiger partial charge in [-0.1, -0.05) is 0 Å². The minimum atomic E-state index is 0.0670. The molecule has 0 atom stereocenters. The van der Waals surface area contributed by atoms with Gasteiger partial charge in [0, 0.05) is 74.2 Å². The van der Waals surface area contributed by atoms with E-state index in [9.17, 15) is 0 Å². The summed E-state index contributed by atoms with van der Waals surface area (Å²) in [7, 11) is 2.20. The van der Waals surface area contributed by atoms with E-state index in [2.05, 4.69) is 42.8 Å². The second-order valence-corrected chi connectivity index (χ2v) is 6.72. The Morgan fingerprint density at radius 2 is 1.62 bits per heavy atom. The van der Waals surface area contributed by atoms with E-state index < -0.39 is 0 Å². The lowest BCUT2D eigenvalue weighted by Gasteiger charge is -2.42. The molecule has 0 spiro atoms. The quantitative estimate of drug-likeness (QED) is 0.583. The Balaban J connectivity index is 1.80. The van der Waals surface area contributed by atoms with Gasteiger partial charge in [0.25, 0.3) is 0 Å². The predicted octanol–water partition coefficient (Wildman–Crippen LogP) is 0.377. The normalized spacial score (nSPS) is 29.4. The maximum atomic E-state index is 6.50. The van der Waals surface area contributed by atoms with Crippen molar-refractivity contribution in [3.8, 4) is 0 Å². The molecule has 4 nitrogen and oxygen atoms in total. The molecule has 2 N–H and O–H groups in total. The second-order valence-electron chi connectivity index (χ2n) is 5.35. The summed E-state index contributed by atoms with van der Waals surface area (Å²) in [4.78, 5) is 4.94. The number of hydrogen-bond donors (Lipinski definition) is 1. The fourth-order valence-electron chi connectivity index (χ4n) is 2.53. The van der Waals surface area contributed by atoms with Crippen molar-refractivity contribution in [2.75, 3.05) is 52.9 Å². The van der Waals surface area contributed by atoms with Gasteiger partial charge in [0.15, 0.2) is 0 Å². The van der Waals surface area contributed by atoms with Gasteiger partial charge in [0.1, 0.15) is 0 Å². The lowest BCUT2D eigenvalue weighted by molar-refractivity contribution is 0.109. The molecule has 2 saturated heterocycles. The molecule has 0 bridgehead atoms. The molecule has 16 heavy (non-hydrogen) atoms. The summed E-state index contributed by atoms with van der Waals surface area (Å²) in [5, 5.41) is 0. The van der Waals surface area contributed by atoms with Gasteiger partial charge in [-0.05, 0) is 19.9 Å². The van der Waals surface area contributed by atoms with Crippen LogP contribution in [0.25, 0.3) is 0 Å². The lowest BCUT2D eigenvalue weighted by atomic mass is 9.89. The first kappa shape index (κ1) is 13.0. The van der Waals surface area contributed by atoms with E-state index in [0.29, 0.717) is 0 Å². The van der Waals surface area contributed by atoms with Crippen LogP contribution in [0.1, 0.15) is 12.8 Å². The molecule has 0 aromatic rings. The first-order valence-corrected chi connectivity index (χ1v) is 7.14. The van der Waals surface area contributed by atoms with Crippen LogP contribution in [0.3, 0.4) is 0 Å². The van der Waals surface area contributed by atoms with Crippen LogP contribution in [0.4, 0.5) is 0 Å². The van der Waals surface area contributed by atoms with E-state index >= 15 is 0 Å². The van der Waals surface area contributed by atoms with Gasteiger partial charge >= 0.3 is 0 Å². The van der Waals surface area contributed by atoms with Crippen LogP contribution >= 0.6 is 22.9 Å². The lowest BCUT2D eigenvalue weighted by Crippen LogP contribution is -2.58. The van der Waals surface area contributed by atoms with E-state index in [0.717, 1.165) is 32.5 Å². The molecule has 5 heteroatoms. The molecule has 0 aromatic carbocycles. The van der Waals surface area contributed by atoms with Crippen LogP contribution < -0.4 is 5.73 Å². The van der Waals surface area contributed by atoms with Crippen molar-refractivity contribution in [2.45, 2.75) is 18.4 Å². The van der Waals surface area contributed by atoms with Gasteiger partial charge in [0.05, 0.1) is 0 Å². The average molecular weight is 338 g/mol. The molecule has 0 radical (unpaired) electrons. The fraction of sp³-hybridized carbons (Fsp3) is 1.00. The maximum Gasteiger partial charge on any atom is 0.0308 e. The molecule has 2 aliphatic heterocycles. The highest BCUT2D eigenvalue weighted by Gasteiger charge is 2.32. The summed E-state index contributed by atoms with van der Waals surface area (Å²) in [6, 6.07) is 0. The third-order valence-corrected chi connectivity index (χ3v) is 4.80. The van der Waals surface area contributed by atoms with Crippen LogP contribution in [-0.2, 0) is 0 Å². The van der Waals surface area contributed by atoms with E-state index in [-0.39, 0.29) is 5.54 Å². The molecule has 0 aromatic heterocycles. The Kier molecular flexibility index (Phi) is 4.45. The molecule has 0 saturated carbocycles. The predicted molar refractivity (Wildman–Crippen MR) is 75.7 cm³/mol. The van der Waals surface area contributed by atoms with Gasteiger partial charge < -0.3 is 10.6 Å². The highest BCUT2D eigenvalue weighted by atomic mass is 127. The maximum absolute atomic E-state index is 6.50. The topological polar surface area (TPSA) is 35.7 Å². The van der Waals surface area contributed by atoms with Crippen molar-refractivity contribution in [3.63, 3.8) is 0 Å². The smallest absolute Gasteiger partial charge is 0.0308 e. The highest BCUT2D eigenvalue weighted by molar-refractivity contribution is 14.1. The number of piperazine rings is 1. The van der Waals surface area contributed by atoms with Crippen molar-refractivity contribution in [2.24, 2.45) is 5.73 Å². The minimum Gasteiger partial charge on any atom is -0.324 e. The monoisotopic (exact) mass is 338 g/mol. The fourth-order valence-corrected chi connectivity index (χ4v) is 3.02. The standard InChI is InChI=1S/C11H23IN4/c1-14-6-8-15(9-7-14)10-11(13)2-4-16(12)5-3-11/h2-10,13H2,1H3. The molecule has 94 valence electrons. The van der Waals surface area contributed by atoms with Gasteiger partial charge in [-0.15, -0.1) is 0 Å². The number of piperidine rings is 1. The molecular weight excluding hydrogens is 315 g/mol. The number of nitrogens with zero attached hydrogens (tertiary/aromatic N) is 3. The zero-order valence-electron chi connectivity index (χ0n) is 10.2. The van der Waals surface area contributed by atoms with E-state index in [1.54, 1.807) is 0 Å². The summed E-state index contributed by atoms with van der Waals surface area (Å²) in [5.74, 6) is 0. The van der Waals surface area contributed by atoms with Gasteiger partial charge in [-0.2, -0.15) is 0 Å². The summed E-state index contributed by atoms with van der Waals surface area (Å²) in [5.41, 5.74) is 6.57. The van der Waals surface area contributed by atoms with E-state index in [4.69, 9.17) is 5.73 Å². The van der Waals surface area contributed by atoms with Gasteiger partial charge in [-0.3, -0.25) is 4.90 Å². The number of rotatable bonds is 2. The second kappa shape index (κ2) is 5.48. The molecule has 2 fully saturated rings. The molecular formula is C11H23IN4. The van der Waals surface area contributed by atoms with Crippen LogP contribution in [-0.4, -0.2) is 71.3 Å². The summed E-state index contributed by atoms with van der Waals surface area (Å²) >= 11 is 2.40. The zero-order valence-corrected chi connectivity index (χ0v) is 12.3. The van der Waals surface area contributed by atoms with E-state index in [1.807, 2.05) is 0 Å². The highest BCUT2D eigenvalue weighted by Crippen LogP contribution is 2.23. The van der Waals surface area contributed by atoms with Crippen molar-refractivity contribution in [1.82, 2.24) is 12.9 Å².